The number of esters is 1. The van der Waals surface area contributed by atoms with Crippen molar-refractivity contribution in [3.8, 4) is 11.5 Å². The number of rotatable bonds is 9. The smallest absolute Gasteiger partial charge is 0.313 e. The zero-order valence-electron chi connectivity index (χ0n) is 17.1. The minimum atomic E-state index is -2.06. The number of carbonyl (C=O) groups excluding carboxylic acids is 2. The highest BCUT2D eigenvalue weighted by Crippen LogP contribution is 2.41. The molecule has 0 aliphatic heterocycles. The van der Waals surface area contributed by atoms with E-state index >= 15 is 0 Å². The van der Waals surface area contributed by atoms with E-state index in [2.05, 4.69) is 33.9 Å². The number of aryl methyl sites for hydroxylation is 1. The molecule has 0 spiro atoms. The van der Waals surface area contributed by atoms with Gasteiger partial charge in [-0.25, -0.2) is 0 Å². The second-order valence-electron chi connectivity index (χ2n) is 7.83. The predicted octanol–water partition coefficient (Wildman–Crippen LogP) is 4.53. The van der Waals surface area contributed by atoms with Gasteiger partial charge >= 0.3 is 5.97 Å². The third-order valence-corrected chi connectivity index (χ3v) is 9.09. The Bertz CT molecular complexity index is 632. The Morgan fingerprint density at radius 3 is 2.35 bits per heavy atom. The van der Waals surface area contributed by atoms with Gasteiger partial charge in [0.05, 0.1) is 13.7 Å². The number of ketones is 1. The number of ether oxygens (including phenoxy) is 2. The molecule has 0 amide bonds. The van der Waals surface area contributed by atoms with E-state index in [0.29, 0.717) is 17.9 Å². The van der Waals surface area contributed by atoms with Crippen LogP contribution in [0.25, 0.3) is 0 Å². The summed E-state index contributed by atoms with van der Waals surface area (Å²) in [7, 11) is -0.442. The van der Waals surface area contributed by atoms with Gasteiger partial charge in [-0.05, 0) is 43.1 Å². The lowest BCUT2D eigenvalue weighted by atomic mass is 10.0. The molecule has 0 radical (unpaired) electrons. The van der Waals surface area contributed by atoms with Crippen molar-refractivity contribution >= 4 is 20.1 Å². The maximum Gasteiger partial charge on any atom is 0.313 e. The van der Waals surface area contributed by atoms with E-state index in [-0.39, 0.29) is 30.3 Å². The lowest BCUT2D eigenvalue weighted by molar-refractivity contribution is -0.145. The van der Waals surface area contributed by atoms with Crippen LogP contribution in [-0.4, -0.2) is 33.8 Å². The second kappa shape index (κ2) is 9.21. The van der Waals surface area contributed by atoms with Gasteiger partial charge in [0.1, 0.15) is 18.0 Å². The van der Waals surface area contributed by atoms with Crippen LogP contribution in [0.3, 0.4) is 0 Å². The molecule has 0 aliphatic carbocycles. The van der Waals surface area contributed by atoms with Crippen LogP contribution in [0.1, 0.15) is 46.1 Å². The van der Waals surface area contributed by atoms with Crippen molar-refractivity contribution < 1.29 is 23.5 Å². The fourth-order valence-corrected chi connectivity index (χ4v) is 3.23. The molecule has 1 aromatic rings. The highest BCUT2D eigenvalue weighted by atomic mass is 28.4. The number of hydrogen-bond donors (Lipinski definition) is 0. The first-order chi connectivity index (χ1) is 12.0. The summed E-state index contributed by atoms with van der Waals surface area (Å²) in [6, 6.07) is 5.71. The molecule has 146 valence electrons. The number of benzene rings is 1. The van der Waals surface area contributed by atoms with Gasteiger partial charge in [-0.15, -0.1) is 0 Å². The Hall–Kier alpha value is -1.82. The lowest BCUT2D eigenvalue weighted by Gasteiger charge is -2.37. The molecule has 6 heteroatoms. The maximum atomic E-state index is 12.0. The van der Waals surface area contributed by atoms with Crippen LogP contribution in [-0.2, 0) is 20.7 Å². The Morgan fingerprint density at radius 1 is 1.15 bits per heavy atom. The summed E-state index contributed by atoms with van der Waals surface area (Å²) in [5.74, 6) is 0.779. The molecule has 1 rings (SSSR count). The molecule has 0 N–H and O–H groups in total. The minimum absolute atomic E-state index is 0.0465. The van der Waals surface area contributed by atoms with Gasteiger partial charge in [-0.1, -0.05) is 32.9 Å². The molecular formula is C20H32O5Si. The molecule has 0 fully saturated rings. The number of para-hydroxylation sites is 1. The normalized spacial score (nSPS) is 11.8. The third-order valence-electron chi connectivity index (χ3n) is 4.76. The number of Topliss-reactive ketones (excluding diaryl/α,β-unsaturated/α-hetero) is 1. The Morgan fingerprint density at radius 2 is 1.81 bits per heavy atom. The van der Waals surface area contributed by atoms with E-state index in [1.807, 2.05) is 18.2 Å². The van der Waals surface area contributed by atoms with Gasteiger partial charge in [-0.2, -0.15) is 0 Å². The summed E-state index contributed by atoms with van der Waals surface area (Å²) in [4.78, 5) is 23.5. The van der Waals surface area contributed by atoms with Crippen LogP contribution in [0.4, 0.5) is 0 Å². The SMILES string of the molecule is CCOC(=O)CC(=O)CCc1cccc(OC)c1O[Si](C)(C)C(C)(C)C. The molecule has 0 heterocycles. The van der Waals surface area contributed by atoms with Crippen LogP contribution in [0.5, 0.6) is 11.5 Å². The van der Waals surface area contributed by atoms with Gasteiger partial charge in [0, 0.05) is 6.42 Å². The molecule has 0 unspecified atom stereocenters. The number of hydrogen-bond acceptors (Lipinski definition) is 5. The molecule has 5 nitrogen and oxygen atoms in total. The molecule has 0 aromatic heterocycles. The van der Waals surface area contributed by atoms with Crippen molar-refractivity contribution in [1.29, 1.82) is 0 Å². The first-order valence-electron chi connectivity index (χ1n) is 9.04. The van der Waals surface area contributed by atoms with Crippen molar-refractivity contribution in [3.63, 3.8) is 0 Å². The summed E-state index contributed by atoms with van der Waals surface area (Å²) in [6.07, 6.45) is 0.579. The van der Waals surface area contributed by atoms with Crippen LogP contribution in [0, 0.1) is 0 Å². The summed E-state index contributed by atoms with van der Waals surface area (Å²) < 4.78 is 16.8. The molecule has 0 saturated heterocycles. The van der Waals surface area contributed by atoms with E-state index in [0.717, 1.165) is 5.56 Å². The fraction of sp³-hybridized carbons (Fsp3) is 0.600. The standard InChI is InChI=1S/C20H32O5Si/c1-8-24-18(22)14-16(21)13-12-15-10-9-11-17(23-5)19(15)25-26(6,7)20(2,3)4/h9-11H,8,12-14H2,1-7H3. The van der Waals surface area contributed by atoms with Gasteiger partial charge in [0.25, 0.3) is 8.32 Å². The lowest BCUT2D eigenvalue weighted by Crippen LogP contribution is -2.44. The quantitative estimate of drug-likeness (QED) is 0.358. The van der Waals surface area contributed by atoms with Crippen LogP contribution < -0.4 is 9.16 Å². The van der Waals surface area contributed by atoms with Gasteiger partial charge < -0.3 is 13.9 Å². The summed E-state index contributed by atoms with van der Waals surface area (Å²) in [6.45, 7) is 12.9. The van der Waals surface area contributed by atoms with E-state index < -0.39 is 14.3 Å². The van der Waals surface area contributed by atoms with Gasteiger partial charge in [-0.3, -0.25) is 9.59 Å². The third kappa shape index (κ3) is 6.16. The summed E-state index contributed by atoms with van der Waals surface area (Å²) in [5.41, 5.74) is 0.923. The van der Waals surface area contributed by atoms with Crippen molar-refractivity contribution in [2.24, 2.45) is 0 Å². The Kier molecular flexibility index (Phi) is 7.87. The van der Waals surface area contributed by atoms with E-state index in [9.17, 15) is 9.59 Å². The van der Waals surface area contributed by atoms with Crippen LogP contribution in [0.2, 0.25) is 18.1 Å². The van der Waals surface area contributed by atoms with E-state index in [4.69, 9.17) is 13.9 Å². The minimum Gasteiger partial charge on any atom is -0.541 e. The second-order valence-corrected chi connectivity index (χ2v) is 12.6. The zero-order chi connectivity index (χ0) is 20.0. The van der Waals surface area contributed by atoms with Crippen molar-refractivity contribution in [3.05, 3.63) is 23.8 Å². The maximum absolute atomic E-state index is 12.0. The zero-order valence-corrected chi connectivity index (χ0v) is 18.1. The Balaban J connectivity index is 2.96. The van der Waals surface area contributed by atoms with E-state index in [1.165, 1.54) is 0 Å². The molecule has 1 aromatic carbocycles. The van der Waals surface area contributed by atoms with Crippen LogP contribution in [0.15, 0.2) is 18.2 Å². The highest BCUT2D eigenvalue weighted by Gasteiger charge is 2.40. The summed E-state index contributed by atoms with van der Waals surface area (Å²) >= 11 is 0. The number of methoxy groups -OCH3 is 1. The molecule has 26 heavy (non-hydrogen) atoms. The largest absolute Gasteiger partial charge is 0.541 e. The molecule has 0 bridgehead atoms. The van der Waals surface area contributed by atoms with Crippen molar-refractivity contribution in [1.82, 2.24) is 0 Å². The predicted molar refractivity (Wildman–Crippen MR) is 105 cm³/mol. The fourth-order valence-electron chi connectivity index (χ4n) is 2.18. The highest BCUT2D eigenvalue weighted by molar-refractivity contribution is 6.74. The van der Waals surface area contributed by atoms with Crippen molar-refractivity contribution in [2.45, 2.75) is 65.1 Å². The average Bonchev–Trinajstić information content (AvgIpc) is 2.52. The molecule has 0 atom stereocenters. The molecule has 0 aliphatic rings. The number of carbonyl (C=O) groups is 2. The topological polar surface area (TPSA) is 61.8 Å². The summed E-state index contributed by atoms with van der Waals surface area (Å²) in [5, 5.41) is 0.0465. The van der Waals surface area contributed by atoms with Gasteiger partial charge in [0.2, 0.25) is 0 Å². The average molecular weight is 381 g/mol. The Labute approximate surface area is 158 Å². The first kappa shape index (κ1) is 22.2. The van der Waals surface area contributed by atoms with E-state index in [1.54, 1.807) is 14.0 Å². The molecular weight excluding hydrogens is 348 g/mol. The monoisotopic (exact) mass is 380 g/mol. The van der Waals surface area contributed by atoms with Gasteiger partial charge in [0.15, 0.2) is 5.75 Å². The van der Waals surface area contributed by atoms with Crippen LogP contribution >= 0.6 is 0 Å². The molecule has 0 saturated carbocycles. The first-order valence-corrected chi connectivity index (χ1v) is 11.9. The van der Waals surface area contributed by atoms with Crippen molar-refractivity contribution in [2.75, 3.05) is 13.7 Å².